The first-order chi connectivity index (χ1) is 18.0. The van der Waals surface area contributed by atoms with E-state index in [0.717, 1.165) is 55.1 Å². The Morgan fingerprint density at radius 2 is 1.78 bits per heavy atom. The van der Waals surface area contributed by atoms with Crippen molar-refractivity contribution in [2.75, 3.05) is 26.3 Å². The third-order valence-electron chi connectivity index (χ3n) is 7.59. The van der Waals surface area contributed by atoms with E-state index in [4.69, 9.17) is 9.47 Å². The Morgan fingerprint density at radius 1 is 0.973 bits per heavy atom. The zero-order chi connectivity index (χ0) is 25.4. The van der Waals surface area contributed by atoms with E-state index < -0.39 is 11.9 Å². The van der Waals surface area contributed by atoms with Gasteiger partial charge < -0.3 is 14.4 Å². The predicted molar refractivity (Wildman–Crippen MR) is 135 cm³/mol. The number of amides is 3. The number of fused-ring (bicyclic) bond motifs is 2. The number of benzene rings is 2. The summed E-state index contributed by atoms with van der Waals surface area (Å²) in [6, 6.07) is 11.2. The molecule has 0 aromatic heterocycles. The molecule has 0 bridgehead atoms. The van der Waals surface area contributed by atoms with E-state index in [1.807, 2.05) is 18.2 Å². The minimum atomic E-state index is -0.614. The zero-order valence-corrected chi connectivity index (χ0v) is 20.6. The fraction of sp³-hybridized carbons (Fsp3) is 0.414. The number of piperidine rings is 2. The Kier molecular flexibility index (Phi) is 6.31. The van der Waals surface area contributed by atoms with Crippen molar-refractivity contribution in [3.8, 4) is 23.3 Å². The monoisotopic (exact) mass is 499 g/mol. The van der Waals surface area contributed by atoms with Crippen molar-refractivity contribution in [1.29, 1.82) is 0 Å². The van der Waals surface area contributed by atoms with Crippen molar-refractivity contribution in [2.45, 2.75) is 44.8 Å². The van der Waals surface area contributed by atoms with Gasteiger partial charge in [-0.2, -0.15) is 0 Å². The topological polar surface area (TPSA) is 88.2 Å². The van der Waals surface area contributed by atoms with Gasteiger partial charge >= 0.3 is 0 Å². The van der Waals surface area contributed by atoms with Crippen molar-refractivity contribution in [3.05, 3.63) is 58.7 Å². The molecule has 2 saturated heterocycles. The molecule has 0 saturated carbocycles. The molecule has 1 atom stereocenters. The zero-order valence-electron chi connectivity index (χ0n) is 20.6. The lowest BCUT2D eigenvalue weighted by Gasteiger charge is -2.30. The molecule has 0 aliphatic carbocycles. The Morgan fingerprint density at radius 3 is 2.59 bits per heavy atom. The Bertz CT molecular complexity index is 1320. The molecule has 0 radical (unpaired) electrons. The number of imide groups is 1. The molecule has 37 heavy (non-hydrogen) atoms. The van der Waals surface area contributed by atoms with Crippen LogP contribution in [0.5, 0.6) is 11.5 Å². The van der Waals surface area contributed by atoms with Crippen LogP contribution in [0, 0.1) is 17.8 Å². The number of carbonyl (C=O) groups is 3. The normalized spacial score (nSPS) is 21.8. The highest BCUT2D eigenvalue weighted by atomic mass is 16.6. The van der Waals surface area contributed by atoms with Gasteiger partial charge in [0.15, 0.2) is 11.5 Å². The number of rotatable bonds is 3. The van der Waals surface area contributed by atoms with E-state index >= 15 is 0 Å². The number of hydrogen-bond acceptors (Lipinski definition) is 6. The summed E-state index contributed by atoms with van der Waals surface area (Å²) in [4.78, 5) is 40.9. The predicted octanol–water partition coefficient (Wildman–Crippen LogP) is 2.48. The molecule has 3 amide bonds. The third-order valence-corrected chi connectivity index (χ3v) is 7.59. The van der Waals surface area contributed by atoms with Gasteiger partial charge in [0.2, 0.25) is 11.8 Å². The first kappa shape index (κ1) is 23.6. The average molecular weight is 500 g/mol. The summed E-state index contributed by atoms with van der Waals surface area (Å²) in [6.07, 6.45) is 2.59. The van der Waals surface area contributed by atoms with Gasteiger partial charge in [0.05, 0.1) is 0 Å². The molecule has 190 valence electrons. The summed E-state index contributed by atoms with van der Waals surface area (Å²) >= 11 is 0. The minimum Gasteiger partial charge on any atom is -0.486 e. The molecule has 6 rings (SSSR count). The summed E-state index contributed by atoms with van der Waals surface area (Å²) < 4.78 is 11.3. The van der Waals surface area contributed by atoms with Gasteiger partial charge in [0.25, 0.3) is 5.91 Å². The molecule has 4 aliphatic heterocycles. The second kappa shape index (κ2) is 9.91. The Balaban J connectivity index is 1.08. The Labute approximate surface area is 215 Å². The number of carbonyl (C=O) groups excluding carboxylic acids is 3. The van der Waals surface area contributed by atoms with Crippen LogP contribution in [0.15, 0.2) is 36.4 Å². The maximum atomic E-state index is 13.0. The number of likely N-dealkylation sites (tertiary alicyclic amines) is 1. The Hall–Kier alpha value is -3.83. The minimum absolute atomic E-state index is 0.166. The molecule has 2 fully saturated rings. The van der Waals surface area contributed by atoms with Gasteiger partial charge in [-0.25, -0.2) is 0 Å². The summed E-state index contributed by atoms with van der Waals surface area (Å²) in [5.74, 6) is 7.90. The van der Waals surface area contributed by atoms with Crippen LogP contribution in [0.3, 0.4) is 0 Å². The molecule has 0 spiro atoms. The van der Waals surface area contributed by atoms with Crippen LogP contribution in [0.2, 0.25) is 0 Å². The highest BCUT2D eigenvalue weighted by Crippen LogP contribution is 2.32. The van der Waals surface area contributed by atoms with Gasteiger partial charge in [-0.3, -0.25) is 24.6 Å². The molecule has 2 aromatic carbocycles. The fourth-order valence-corrected chi connectivity index (χ4v) is 5.56. The average Bonchev–Trinajstić information content (AvgIpc) is 3.25. The van der Waals surface area contributed by atoms with Crippen LogP contribution in [0.25, 0.3) is 0 Å². The maximum Gasteiger partial charge on any atom is 0.255 e. The van der Waals surface area contributed by atoms with E-state index in [1.54, 1.807) is 11.0 Å². The van der Waals surface area contributed by atoms with Gasteiger partial charge in [-0.15, -0.1) is 0 Å². The number of nitrogens with one attached hydrogen (secondary N) is 1. The van der Waals surface area contributed by atoms with Gasteiger partial charge in [-0.1, -0.05) is 24.0 Å². The number of nitrogens with zero attached hydrogens (tertiary/aromatic N) is 2. The standard InChI is InChI=1S/C29H29N3O5/c33-27-9-7-24(28(34)30-27)32-18-23-21(2-1-3-22(23)29(32)35)6-4-19-10-12-31(13-11-19)17-20-5-8-25-26(16-20)37-15-14-36-25/h1-3,5,8,16,19,24H,7,9-15,17-18H2,(H,30,33,34). The van der Waals surface area contributed by atoms with Gasteiger partial charge in [0, 0.05) is 36.6 Å². The lowest BCUT2D eigenvalue weighted by atomic mass is 9.95. The molecule has 2 aromatic rings. The van der Waals surface area contributed by atoms with E-state index in [0.29, 0.717) is 37.7 Å². The van der Waals surface area contributed by atoms with Crippen LogP contribution < -0.4 is 14.8 Å². The number of ether oxygens (including phenoxy) is 2. The maximum absolute atomic E-state index is 13.0. The summed E-state index contributed by atoms with van der Waals surface area (Å²) in [5, 5.41) is 2.35. The molecule has 1 N–H and O–H groups in total. The van der Waals surface area contributed by atoms with Crippen molar-refractivity contribution in [1.82, 2.24) is 15.1 Å². The van der Waals surface area contributed by atoms with Crippen LogP contribution in [-0.2, 0) is 22.7 Å². The quantitative estimate of drug-likeness (QED) is 0.516. The van der Waals surface area contributed by atoms with Crippen LogP contribution in [0.4, 0.5) is 0 Å². The largest absolute Gasteiger partial charge is 0.486 e. The SMILES string of the molecule is O=C1CCC(N2Cc3c(C#CC4CCN(Cc5ccc6c(c5)OCCO6)CC4)cccc3C2=O)C(=O)N1. The van der Waals surface area contributed by atoms with Crippen molar-refractivity contribution in [2.24, 2.45) is 5.92 Å². The lowest BCUT2D eigenvalue weighted by Crippen LogP contribution is -2.52. The molecular weight excluding hydrogens is 470 g/mol. The van der Waals surface area contributed by atoms with E-state index in [2.05, 4.69) is 34.2 Å². The summed E-state index contributed by atoms with van der Waals surface area (Å²) in [5.41, 5.74) is 3.55. The fourth-order valence-electron chi connectivity index (χ4n) is 5.56. The first-order valence-corrected chi connectivity index (χ1v) is 12.9. The van der Waals surface area contributed by atoms with E-state index in [1.165, 1.54) is 5.56 Å². The molecule has 8 heteroatoms. The van der Waals surface area contributed by atoms with Crippen LogP contribution in [-0.4, -0.2) is 59.9 Å². The molecule has 8 nitrogen and oxygen atoms in total. The highest BCUT2D eigenvalue weighted by molar-refractivity contribution is 6.05. The number of hydrogen-bond donors (Lipinski definition) is 1. The summed E-state index contributed by atoms with van der Waals surface area (Å²) in [6.45, 7) is 4.36. The second-order valence-electron chi connectivity index (χ2n) is 10.0. The van der Waals surface area contributed by atoms with Crippen molar-refractivity contribution in [3.63, 3.8) is 0 Å². The van der Waals surface area contributed by atoms with Crippen LogP contribution in [0.1, 0.15) is 52.7 Å². The second-order valence-corrected chi connectivity index (χ2v) is 10.0. The summed E-state index contributed by atoms with van der Waals surface area (Å²) in [7, 11) is 0. The molecule has 4 aliphatic rings. The van der Waals surface area contributed by atoms with Gasteiger partial charge in [0.1, 0.15) is 19.3 Å². The lowest BCUT2D eigenvalue weighted by molar-refractivity contribution is -0.136. The van der Waals surface area contributed by atoms with E-state index in [9.17, 15) is 14.4 Å². The van der Waals surface area contributed by atoms with Crippen molar-refractivity contribution >= 4 is 17.7 Å². The molecule has 4 heterocycles. The van der Waals surface area contributed by atoms with Crippen molar-refractivity contribution < 1.29 is 23.9 Å². The van der Waals surface area contributed by atoms with E-state index in [-0.39, 0.29) is 18.2 Å². The van der Waals surface area contributed by atoms with Crippen LogP contribution >= 0.6 is 0 Å². The highest BCUT2D eigenvalue weighted by Gasteiger charge is 2.39. The molecule has 1 unspecified atom stereocenters. The molecular formula is C29H29N3O5. The third kappa shape index (κ3) is 4.79. The smallest absolute Gasteiger partial charge is 0.255 e. The first-order valence-electron chi connectivity index (χ1n) is 12.9. The van der Waals surface area contributed by atoms with Gasteiger partial charge in [-0.05, 0) is 67.7 Å².